The molecule has 4 aromatic rings. The third-order valence-corrected chi connectivity index (χ3v) is 5.12. The summed E-state index contributed by atoms with van der Waals surface area (Å²) >= 11 is 0. The lowest BCUT2D eigenvalue weighted by molar-refractivity contribution is 0.715. The van der Waals surface area contributed by atoms with Crippen molar-refractivity contribution in [3.05, 3.63) is 90.0 Å². The second-order valence-electron chi connectivity index (χ2n) is 6.73. The van der Waals surface area contributed by atoms with Crippen LogP contribution in [-0.4, -0.2) is 16.1 Å². The Morgan fingerprint density at radius 3 is 2.12 bits per heavy atom. The highest BCUT2D eigenvalue weighted by atomic mass is 15.4. The number of nitrogens with two attached hydrogens (primary N) is 1. The molecule has 0 atom stereocenters. The predicted octanol–water partition coefficient (Wildman–Crippen LogP) is 4.23. The van der Waals surface area contributed by atoms with Crippen LogP contribution in [0.3, 0.4) is 0 Å². The second-order valence-corrected chi connectivity index (χ2v) is 6.73. The van der Waals surface area contributed by atoms with Crippen molar-refractivity contribution in [1.82, 2.24) is 9.55 Å². The predicted molar refractivity (Wildman–Crippen MR) is 106 cm³/mol. The number of nitrogens with zero attached hydrogens (tertiary/aromatic N) is 3. The highest BCUT2D eigenvalue weighted by Gasteiger charge is 2.31. The molecule has 0 amide bonds. The van der Waals surface area contributed by atoms with Gasteiger partial charge in [0.05, 0.1) is 17.1 Å². The molecule has 4 heteroatoms. The first-order chi connectivity index (χ1) is 12.8. The Labute approximate surface area is 152 Å². The molecule has 0 spiro atoms. The standard InChI is InChI=1S/C22H20N4/c23-18-11-12-20-19(15-18)24-22-25(20)13-14-26(22)21(16-7-3-1-4-8-16)17-9-5-2-6-10-17/h1-12,15,21H,13-14,23H2. The Morgan fingerprint density at radius 1 is 0.808 bits per heavy atom. The molecule has 0 radical (unpaired) electrons. The van der Waals surface area contributed by atoms with E-state index in [0.29, 0.717) is 0 Å². The zero-order chi connectivity index (χ0) is 17.5. The van der Waals surface area contributed by atoms with Gasteiger partial charge in [0.15, 0.2) is 0 Å². The lowest BCUT2D eigenvalue weighted by atomic mass is 9.97. The SMILES string of the molecule is Nc1ccc2c(c1)nc1n2CCN1C(c1ccccc1)c1ccccc1. The fourth-order valence-corrected chi connectivity index (χ4v) is 3.95. The van der Waals surface area contributed by atoms with E-state index in [-0.39, 0.29) is 6.04 Å². The summed E-state index contributed by atoms with van der Waals surface area (Å²) in [6, 6.07) is 27.4. The van der Waals surface area contributed by atoms with E-state index in [0.717, 1.165) is 35.8 Å². The number of aromatic nitrogens is 2. The Kier molecular flexibility index (Phi) is 3.42. The Balaban J connectivity index is 1.67. The molecule has 0 aliphatic carbocycles. The minimum atomic E-state index is 0.146. The molecule has 0 saturated heterocycles. The van der Waals surface area contributed by atoms with Gasteiger partial charge in [-0.3, -0.25) is 0 Å². The van der Waals surface area contributed by atoms with E-state index in [4.69, 9.17) is 10.7 Å². The minimum absolute atomic E-state index is 0.146. The second kappa shape index (κ2) is 5.92. The van der Waals surface area contributed by atoms with Crippen molar-refractivity contribution in [2.45, 2.75) is 12.6 Å². The molecule has 0 saturated carbocycles. The molecule has 2 heterocycles. The number of rotatable bonds is 3. The molecule has 1 aromatic heterocycles. The molecule has 2 N–H and O–H groups in total. The normalized spacial score (nSPS) is 13.5. The average Bonchev–Trinajstić information content (AvgIpc) is 3.23. The Morgan fingerprint density at radius 2 is 1.46 bits per heavy atom. The van der Waals surface area contributed by atoms with Crippen LogP contribution in [0.15, 0.2) is 78.9 Å². The lowest BCUT2D eigenvalue weighted by Crippen LogP contribution is -2.28. The molecule has 4 nitrogen and oxygen atoms in total. The zero-order valence-corrected chi connectivity index (χ0v) is 14.4. The molecular formula is C22H20N4. The summed E-state index contributed by atoms with van der Waals surface area (Å²) in [4.78, 5) is 7.32. The number of nitrogen functional groups attached to an aromatic ring is 1. The Bertz CT molecular complexity index is 1010. The topological polar surface area (TPSA) is 47.1 Å². The fourth-order valence-electron chi connectivity index (χ4n) is 3.95. The molecular weight excluding hydrogens is 320 g/mol. The summed E-state index contributed by atoms with van der Waals surface area (Å²) in [5.74, 6) is 1.02. The van der Waals surface area contributed by atoms with Gasteiger partial charge in [-0.2, -0.15) is 0 Å². The summed E-state index contributed by atoms with van der Waals surface area (Å²) in [5, 5.41) is 0. The van der Waals surface area contributed by atoms with Crippen LogP contribution in [0, 0.1) is 0 Å². The fraction of sp³-hybridized carbons (Fsp3) is 0.136. The van der Waals surface area contributed by atoms with Crippen LogP contribution in [0.4, 0.5) is 11.6 Å². The summed E-state index contributed by atoms with van der Waals surface area (Å²) in [6.07, 6.45) is 0. The van der Waals surface area contributed by atoms with Gasteiger partial charge in [-0.05, 0) is 29.3 Å². The van der Waals surface area contributed by atoms with E-state index in [1.807, 2.05) is 12.1 Å². The number of imidazole rings is 1. The maximum Gasteiger partial charge on any atom is 0.207 e. The van der Waals surface area contributed by atoms with Gasteiger partial charge in [0.2, 0.25) is 5.95 Å². The van der Waals surface area contributed by atoms with Gasteiger partial charge in [0.1, 0.15) is 0 Å². The van der Waals surface area contributed by atoms with Gasteiger partial charge >= 0.3 is 0 Å². The third kappa shape index (κ3) is 2.34. The van der Waals surface area contributed by atoms with Crippen molar-refractivity contribution in [1.29, 1.82) is 0 Å². The third-order valence-electron chi connectivity index (χ3n) is 5.12. The molecule has 128 valence electrons. The van der Waals surface area contributed by atoms with Gasteiger partial charge in [0.25, 0.3) is 0 Å². The van der Waals surface area contributed by atoms with Gasteiger partial charge < -0.3 is 15.2 Å². The van der Waals surface area contributed by atoms with Crippen LogP contribution in [0.5, 0.6) is 0 Å². The monoisotopic (exact) mass is 340 g/mol. The van der Waals surface area contributed by atoms with Crippen LogP contribution in [0.1, 0.15) is 17.2 Å². The Hall–Kier alpha value is -3.27. The largest absolute Gasteiger partial charge is 0.399 e. The summed E-state index contributed by atoms with van der Waals surface area (Å²) in [6.45, 7) is 1.88. The smallest absolute Gasteiger partial charge is 0.207 e. The van der Waals surface area contributed by atoms with Crippen molar-refractivity contribution in [3.63, 3.8) is 0 Å². The summed E-state index contributed by atoms with van der Waals surface area (Å²) in [5.41, 5.74) is 11.4. The van der Waals surface area contributed by atoms with Gasteiger partial charge in [-0.1, -0.05) is 60.7 Å². The number of fused-ring (bicyclic) bond motifs is 3. The zero-order valence-electron chi connectivity index (χ0n) is 14.4. The maximum absolute atomic E-state index is 5.96. The van der Waals surface area contributed by atoms with Crippen LogP contribution in [0.2, 0.25) is 0 Å². The average molecular weight is 340 g/mol. The van der Waals surface area contributed by atoms with E-state index < -0.39 is 0 Å². The van der Waals surface area contributed by atoms with Crippen molar-refractivity contribution < 1.29 is 0 Å². The van der Waals surface area contributed by atoms with Crippen LogP contribution in [0.25, 0.3) is 11.0 Å². The van der Waals surface area contributed by atoms with Gasteiger partial charge in [-0.25, -0.2) is 4.98 Å². The number of hydrogen-bond acceptors (Lipinski definition) is 3. The van der Waals surface area contributed by atoms with Gasteiger partial charge in [0, 0.05) is 18.8 Å². The van der Waals surface area contributed by atoms with Crippen LogP contribution in [-0.2, 0) is 6.54 Å². The first-order valence-electron chi connectivity index (χ1n) is 8.93. The van der Waals surface area contributed by atoms with Gasteiger partial charge in [-0.15, -0.1) is 0 Å². The molecule has 1 aliphatic rings. The van der Waals surface area contributed by atoms with Crippen LogP contribution >= 0.6 is 0 Å². The molecule has 0 bridgehead atoms. The number of benzene rings is 3. The lowest BCUT2D eigenvalue weighted by Gasteiger charge is -2.29. The first kappa shape index (κ1) is 15.0. The molecule has 26 heavy (non-hydrogen) atoms. The number of hydrogen-bond donors (Lipinski definition) is 1. The van der Waals surface area contributed by atoms with Crippen molar-refractivity contribution in [3.8, 4) is 0 Å². The molecule has 5 rings (SSSR count). The highest BCUT2D eigenvalue weighted by Crippen LogP contribution is 2.37. The first-order valence-corrected chi connectivity index (χ1v) is 8.93. The molecule has 0 fully saturated rings. The van der Waals surface area contributed by atoms with Crippen molar-refractivity contribution in [2.24, 2.45) is 0 Å². The van der Waals surface area contributed by atoms with E-state index >= 15 is 0 Å². The van der Waals surface area contributed by atoms with E-state index in [2.05, 4.69) is 76.2 Å². The molecule has 3 aromatic carbocycles. The van der Waals surface area contributed by atoms with E-state index in [1.54, 1.807) is 0 Å². The van der Waals surface area contributed by atoms with E-state index in [9.17, 15) is 0 Å². The minimum Gasteiger partial charge on any atom is -0.399 e. The summed E-state index contributed by atoms with van der Waals surface area (Å²) in [7, 11) is 0. The maximum atomic E-state index is 5.96. The quantitative estimate of drug-likeness (QED) is 0.568. The molecule has 1 aliphatic heterocycles. The van der Waals surface area contributed by atoms with Crippen molar-refractivity contribution in [2.75, 3.05) is 17.2 Å². The highest BCUT2D eigenvalue weighted by molar-refractivity contribution is 5.82. The summed E-state index contributed by atoms with van der Waals surface area (Å²) < 4.78 is 2.30. The number of anilines is 2. The van der Waals surface area contributed by atoms with Crippen LogP contribution < -0.4 is 10.6 Å². The van der Waals surface area contributed by atoms with Crippen molar-refractivity contribution >= 4 is 22.7 Å². The molecule has 0 unspecified atom stereocenters. The van der Waals surface area contributed by atoms with E-state index in [1.165, 1.54) is 11.1 Å².